The van der Waals surface area contributed by atoms with Crippen LogP contribution in [-0.2, 0) is 16.0 Å². The maximum Gasteiger partial charge on any atom is 0.243 e. The minimum absolute atomic E-state index is 0.119. The lowest BCUT2D eigenvalue weighted by Gasteiger charge is -2.08. The minimum atomic E-state index is -0.417. The Balaban J connectivity index is 1.46. The normalized spacial score (nSPS) is 10.6. The van der Waals surface area contributed by atoms with Gasteiger partial charge in [0.15, 0.2) is 11.7 Å². The number of amides is 2. The van der Waals surface area contributed by atoms with E-state index >= 15 is 0 Å². The van der Waals surface area contributed by atoms with Gasteiger partial charge in [0.25, 0.3) is 0 Å². The molecular weight excluding hydrogens is 437 g/mol. The molecule has 0 spiro atoms. The maximum atomic E-state index is 12.0. The van der Waals surface area contributed by atoms with Crippen molar-refractivity contribution in [3.63, 3.8) is 0 Å². The van der Waals surface area contributed by atoms with Gasteiger partial charge in [-0.1, -0.05) is 46.9 Å². The lowest BCUT2D eigenvalue weighted by atomic mass is 10.2. The number of nitrogens with zero attached hydrogens (tertiary/aromatic N) is 1. The first-order valence-electron chi connectivity index (χ1n) is 8.63. The molecule has 0 radical (unpaired) electrons. The summed E-state index contributed by atoms with van der Waals surface area (Å²) in [4.78, 5) is 28.1. The lowest BCUT2D eigenvalue weighted by molar-refractivity contribution is -0.124. The van der Waals surface area contributed by atoms with Crippen LogP contribution < -0.4 is 10.6 Å². The van der Waals surface area contributed by atoms with E-state index in [1.54, 1.807) is 24.4 Å². The van der Waals surface area contributed by atoms with Crippen LogP contribution in [0, 0.1) is 0 Å². The first kappa shape index (κ1) is 21.2. The topological polar surface area (TPSA) is 84.2 Å². The zero-order valence-electron chi connectivity index (χ0n) is 15.0. The summed E-state index contributed by atoms with van der Waals surface area (Å²) in [7, 11) is 0. The Labute approximate surface area is 182 Å². The standard InChI is InChI=1S/C20H16Cl3N3O3/c21-12-5-6-15(23)16(9-12)26-19(28)11-24-18(27)7-8-20-25-10-17(29-20)13-3-1-2-4-14(13)22/h1-6,9-10H,7-8,11H2,(H,24,27)(H,26,28). The molecule has 3 rings (SSSR count). The zero-order chi connectivity index (χ0) is 20.8. The number of hydrogen-bond donors (Lipinski definition) is 2. The molecule has 29 heavy (non-hydrogen) atoms. The monoisotopic (exact) mass is 451 g/mol. The molecule has 0 aliphatic heterocycles. The first-order chi connectivity index (χ1) is 13.9. The third-order valence-corrected chi connectivity index (χ3v) is 4.80. The van der Waals surface area contributed by atoms with E-state index in [-0.39, 0.29) is 25.3 Å². The van der Waals surface area contributed by atoms with Crippen molar-refractivity contribution >= 4 is 52.3 Å². The van der Waals surface area contributed by atoms with Gasteiger partial charge in [-0.2, -0.15) is 0 Å². The van der Waals surface area contributed by atoms with Gasteiger partial charge in [0.2, 0.25) is 11.8 Å². The van der Waals surface area contributed by atoms with Crippen LogP contribution in [0.3, 0.4) is 0 Å². The second kappa shape index (κ2) is 9.78. The van der Waals surface area contributed by atoms with Crippen LogP contribution in [0.1, 0.15) is 12.3 Å². The second-order valence-corrected chi connectivity index (χ2v) is 7.30. The molecule has 9 heteroatoms. The number of carbonyl (C=O) groups excluding carboxylic acids is 2. The van der Waals surface area contributed by atoms with Crippen LogP contribution >= 0.6 is 34.8 Å². The van der Waals surface area contributed by atoms with Crippen molar-refractivity contribution in [1.29, 1.82) is 0 Å². The van der Waals surface area contributed by atoms with Crippen molar-refractivity contribution in [3.05, 3.63) is 69.6 Å². The third kappa shape index (κ3) is 5.97. The molecule has 0 fully saturated rings. The number of hydrogen-bond acceptors (Lipinski definition) is 4. The summed E-state index contributed by atoms with van der Waals surface area (Å²) in [6, 6.07) is 12.0. The summed E-state index contributed by atoms with van der Waals surface area (Å²) in [5, 5.41) is 6.48. The summed E-state index contributed by atoms with van der Waals surface area (Å²) in [5.41, 5.74) is 1.11. The van der Waals surface area contributed by atoms with Crippen molar-refractivity contribution < 1.29 is 14.0 Å². The minimum Gasteiger partial charge on any atom is -0.441 e. The molecule has 0 atom stereocenters. The Kier molecular flexibility index (Phi) is 7.14. The van der Waals surface area contributed by atoms with Crippen LogP contribution in [0.2, 0.25) is 15.1 Å². The molecule has 0 aliphatic carbocycles. The largest absolute Gasteiger partial charge is 0.441 e. The van der Waals surface area contributed by atoms with E-state index in [1.807, 2.05) is 18.2 Å². The summed E-state index contributed by atoms with van der Waals surface area (Å²) < 4.78 is 5.65. The molecule has 0 aliphatic rings. The van der Waals surface area contributed by atoms with Crippen LogP contribution in [0.4, 0.5) is 5.69 Å². The van der Waals surface area contributed by atoms with E-state index in [0.717, 1.165) is 5.56 Å². The predicted octanol–water partition coefficient (Wildman–Crippen LogP) is 4.99. The van der Waals surface area contributed by atoms with E-state index in [2.05, 4.69) is 15.6 Å². The highest BCUT2D eigenvalue weighted by molar-refractivity contribution is 6.35. The molecule has 2 amide bonds. The Hall–Kier alpha value is -2.54. The fourth-order valence-electron chi connectivity index (χ4n) is 2.49. The van der Waals surface area contributed by atoms with Crippen molar-refractivity contribution in [2.45, 2.75) is 12.8 Å². The number of aryl methyl sites for hydroxylation is 1. The van der Waals surface area contributed by atoms with Gasteiger partial charge in [-0.25, -0.2) is 4.98 Å². The van der Waals surface area contributed by atoms with E-state index in [1.165, 1.54) is 6.07 Å². The number of oxazole rings is 1. The van der Waals surface area contributed by atoms with Crippen molar-refractivity contribution in [3.8, 4) is 11.3 Å². The van der Waals surface area contributed by atoms with Gasteiger partial charge in [0.05, 0.1) is 28.5 Å². The van der Waals surface area contributed by atoms with Crippen molar-refractivity contribution in [1.82, 2.24) is 10.3 Å². The molecule has 0 saturated carbocycles. The maximum absolute atomic E-state index is 12.0. The molecular formula is C20H16Cl3N3O3. The van der Waals surface area contributed by atoms with Gasteiger partial charge in [-0.05, 0) is 30.3 Å². The lowest BCUT2D eigenvalue weighted by Crippen LogP contribution is -2.33. The van der Waals surface area contributed by atoms with Gasteiger partial charge in [-0.3, -0.25) is 9.59 Å². The average molecular weight is 453 g/mol. The zero-order valence-corrected chi connectivity index (χ0v) is 17.3. The number of nitrogens with one attached hydrogen (secondary N) is 2. The molecule has 1 heterocycles. The SMILES string of the molecule is O=C(CCc1ncc(-c2ccccc2Cl)o1)NCC(=O)Nc1cc(Cl)ccc1Cl. The average Bonchev–Trinajstić information content (AvgIpc) is 3.17. The quantitative estimate of drug-likeness (QED) is 0.529. The second-order valence-electron chi connectivity index (χ2n) is 6.05. The van der Waals surface area contributed by atoms with Crippen molar-refractivity contribution in [2.75, 3.05) is 11.9 Å². The molecule has 0 saturated heterocycles. The van der Waals surface area contributed by atoms with Gasteiger partial charge in [0.1, 0.15) is 0 Å². The van der Waals surface area contributed by atoms with Gasteiger partial charge in [0, 0.05) is 23.4 Å². The fourth-order valence-corrected chi connectivity index (χ4v) is 3.05. The molecule has 2 aromatic carbocycles. The van der Waals surface area contributed by atoms with Gasteiger partial charge >= 0.3 is 0 Å². The summed E-state index contributed by atoms with van der Waals surface area (Å²) in [6.07, 6.45) is 1.97. The van der Waals surface area contributed by atoms with Gasteiger partial charge < -0.3 is 15.1 Å². The number of anilines is 1. The summed E-state index contributed by atoms with van der Waals surface area (Å²) in [5.74, 6) is 0.212. The van der Waals surface area contributed by atoms with Crippen molar-refractivity contribution in [2.24, 2.45) is 0 Å². The molecule has 0 unspecified atom stereocenters. The highest BCUT2D eigenvalue weighted by Crippen LogP contribution is 2.28. The third-order valence-electron chi connectivity index (χ3n) is 3.91. The Morgan fingerprint density at radius 2 is 1.79 bits per heavy atom. The van der Waals surface area contributed by atoms with E-state index in [0.29, 0.717) is 32.4 Å². The number of aromatic nitrogens is 1. The number of rotatable bonds is 7. The summed E-state index contributed by atoms with van der Waals surface area (Å²) >= 11 is 18.0. The molecule has 150 valence electrons. The smallest absolute Gasteiger partial charge is 0.243 e. The van der Waals surface area contributed by atoms with Gasteiger partial charge in [-0.15, -0.1) is 0 Å². The van der Waals surface area contributed by atoms with E-state index < -0.39 is 5.91 Å². The van der Waals surface area contributed by atoms with E-state index in [4.69, 9.17) is 39.2 Å². The molecule has 2 N–H and O–H groups in total. The van der Waals surface area contributed by atoms with Crippen LogP contribution in [0.25, 0.3) is 11.3 Å². The van der Waals surface area contributed by atoms with E-state index in [9.17, 15) is 9.59 Å². The Morgan fingerprint density at radius 1 is 1.00 bits per heavy atom. The number of benzene rings is 2. The molecule has 6 nitrogen and oxygen atoms in total. The predicted molar refractivity (Wildman–Crippen MR) is 113 cm³/mol. The fraction of sp³-hybridized carbons (Fsp3) is 0.150. The first-order valence-corrected chi connectivity index (χ1v) is 9.77. The Bertz CT molecular complexity index is 1040. The highest BCUT2D eigenvalue weighted by Gasteiger charge is 2.12. The molecule has 0 bridgehead atoms. The van der Waals surface area contributed by atoms with Crippen LogP contribution in [0.15, 0.2) is 53.1 Å². The molecule has 3 aromatic rings. The summed E-state index contributed by atoms with van der Waals surface area (Å²) in [6.45, 7) is -0.196. The highest BCUT2D eigenvalue weighted by atomic mass is 35.5. The van der Waals surface area contributed by atoms with Crippen LogP contribution in [-0.4, -0.2) is 23.3 Å². The number of halogens is 3. The number of carbonyl (C=O) groups is 2. The van der Waals surface area contributed by atoms with Crippen LogP contribution in [0.5, 0.6) is 0 Å². The Morgan fingerprint density at radius 3 is 2.59 bits per heavy atom. The molecule has 1 aromatic heterocycles.